The van der Waals surface area contributed by atoms with E-state index >= 15 is 0 Å². The number of amides is 2. The SMILES string of the molecule is Cc1ccc(C(=O)NC2CC(C)N(C(=O)c3ncccc3F)C2)nc1. The first-order chi connectivity index (χ1) is 12.0. The lowest BCUT2D eigenvalue weighted by molar-refractivity contribution is 0.0729. The first-order valence-corrected chi connectivity index (χ1v) is 8.10. The monoisotopic (exact) mass is 342 g/mol. The lowest BCUT2D eigenvalue weighted by Gasteiger charge is -2.21. The average Bonchev–Trinajstić information content (AvgIpc) is 2.95. The highest BCUT2D eigenvalue weighted by Crippen LogP contribution is 2.21. The van der Waals surface area contributed by atoms with Crippen LogP contribution in [0.3, 0.4) is 0 Å². The highest BCUT2D eigenvalue weighted by Gasteiger charge is 2.35. The second-order valence-corrected chi connectivity index (χ2v) is 6.27. The van der Waals surface area contributed by atoms with Gasteiger partial charge in [-0.05, 0) is 44.0 Å². The van der Waals surface area contributed by atoms with E-state index < -0.39 is 11.7 Å². The third kappa shape index (κ3) is 3.65. The predicted molar refractivity (Wildman–Crippen MR) is 89.5 cm³/mol. The van der Waals surface area contributed by atoms with Crippen molar-refractivity contribution in [1.29, 1.82) is 0 Å². The van der Waals surface area contributed by atoms with Crippen molar-refractivity contribution in [3.8, 4) is 0 Å². The minimum atomic E-state index is -0.643. The summed E-state index contributed by atoms with van der Waals surface area (Å²) in [5, 5.41) is 2.89. The lowest BCUT2D eigenvalue weighted by atomic mass is 10.2. The molecule has 0 bridgehead atoms. The van der Waals surface area contributed by atoms with Gasteiger partial charge in [-0.2, -0.15) is 0 Å². The van der Waals surface area contributed by atoms with Crippen LogP contribution in [-0.4, -0.2) is 45.3 Å². The third-order valence-corrected chi connectivity index (χ3v) is 4.28. The molecule has 1 N–H and O–H groups in total. The predicted octanol–water partition coefficient (Wildman–Crippen LogP) is 1.96. The molecule has 2 amide bonds. The Morgan fingerprint density at radius 3 is 2.76 bits per heavy atom. The van der Waals surface area contributed by atoms with Crippen LogP contribution in [0.15, 0.2) is 36.7 Å². The minimum Gasteiger partial charge on any atom is -0.346 e. The first-order valence-electron chi connectivity index (χ1n) is 8.10. The molecule has 25 heavy (non-hydrogen) atoms. The van der Waals surface area contributed by atoms with Crippen molar-refractivity contribution in [2.75, 3.05) is 6.54 Å². The van der Waals surface area contributed by atoms with Crippen LogP contribution in [0, 0.1) is 12.7 Å². The molecule has 7 heteroatoms. The molecule has 6 nitrogen and oxygen atoms in total. The Labute approximate surface area is 145 Å². The summed E-state index contributed by atoms with van der Waals surface area (Å²) >= 11 is 0. The summed E-state index contributed by atoms with van der Waals surface area (Å²) in [5.74, 6) is -1.39. The van der Waals surface area contributed by atoms with Gasteiger partial charge in [-0.3, -0.25) is 14.6 Å². The zero-order chi connectivity index (χ0) is 18.0. The summed E-state index contributed by atoms with van der Waals surface area (Å²) in [6.07, 6.45) is 3.61. The lowest BCUT2D eigenvalue weighted by Crippen LogP contribution is -2.39. The number of halogens is 1. The fourth-order valence-corrected chi connectivity index (χ4v) is 2.96. The Bertz CT molecular complexity index is 794. The second-order valence-electron chi connectivity index (χ2n) is 6.27. The van der Waals surface area contributed by atoms with Gasteiger partial charge in [0.2, 0.25) is 0 Å². The molecule has 0 saturated carbocycles. The fraction of sp³-hybridized carbons (Fsp3) is 0.333. The van der Waals surface area contributed by atoms with Crippen LogP contribution in [-0.2, 0) is 0 Å². The third-order valence-electron chi connectivity index (χ3n) is 4.28. The van der Waals surface area contributed by atoms with Crippen molar-refractivity contribution in [2.45, 2.75) is 32.4 Å². The number of pyridine rings is 2. The quantitative estimate of drug-likeness (QED) is 0.925. The molecule has 1 aliphatic heterocycles. The van der Waals surface area contributed by atoms with E-state index in [4.69, 9.17) is 0 Å². The van der Waals surface area contributed by atoms with Crippen molar-refractivity contribution in [3.63, 3.8) is 0 Å². The zero-order valence-electron chi connectivity index (χ0n) is 14.1. The molecule has 3 rings (SSSR count). The van der Waals surface area contributed by atoms with Gasteiger partial charge in [-0.15, -0.1) is 0 Å². The maximum absolute atomic E-state index is 13.8. The Kier molecular flexibility index (Phi) is 4.74. The number of carbonyl (C=O) groups excluding carboxylic acids is 2. The molecule has 1 saturated heterocycles. The largest absolute Gasteiger partial charge is 0.346 e. The van der Waals surface area contributed by atoms with Crippen LogP contribution in [0.4, 0.5) is 4.39 Å². The second kappa shape index (κ2) is 6.96. The van der Waals surface area contributed by atoms with Gasteiger partial charge < -0.3 is 10.2 Å². The molecule has 1 fully saturated rings. The van der Waals surface area contributed by atoms with Crippen LogP contribution in [0.1, 0.15) is 39.9 Å². The number of aryl methyl sites for hydroxylation is 1. The summed E-state index contributed by atoms with van der Waals surface area (Å²) in [4.78, 5) is 34.3. The summed E-state index contributed by atoms with van der Waals surface area (Å²) in [6.45, 7) is 4.08. The standard InChI is InChI=1S/C18H19FN4O2/c1-11-5-6-15(21-9-11)17(24)22-13-8-12(2)23(10-13)18(25)16-14(19)4-3-7-20-16/h3-7,9,12-13H,8,10H2,1-2H3,(H,22,24). The number of hydrogen-bond acceptors (Lipinski definition) is 4. The van der Waals surface area contributed by atoms with Gasteiger partial charge in [0, 0.05) is 31.0 Å². The van der Waals surface area contributed by atoms with Crippen LogP contribution < -0.4 is 5.32 Å². The average molecular weight is 342 g/mol. The maximum atomic E-state index is 13.8. The van der Waals surface area contributed by atoms with Crippen molar-refractivity contribution in [3.05, 3.63) is 59.4 Å². The topological polar surface area (TPSA) is 75.2 Å². The zero-order valence-corrected chi connectivity index (χ0v) is 14.1. The van der Waals surface area contributed by atoms with Gasteiger partial charge in [0.15, 0.2) is 11.5 Å². The van der Waals surface area contributed by atoms with Crippen LogP contribution in [0.25, 0.3) is 0 Å². The molecule has 3 heterocycles. The van der Waals surface area contributed by atoms with E-state index in [-0.39, 0.29) is 23.7 Å². The normalized spacial score (nSPS) is 19.7. The molecule has 2 unspecified atom stereocenters. The highest BCUT2D eigenvalue weighted by atomic mass is 19.1. The Hall–Kier alpha value is -2.83. The number of likely N-dealkylation sites (tertiary alicyclic amines) is 1. The summed E-state index contributed by atoms with van der Waals surface area (Å²) < 4.78 is 13.8. The van der Waals surface area contributed by atoms with E-state index in [0.29, 0.717) is 18.7 Å². The van der Waals surface area contributed by atoms with Crippen LogP contribution in [0.5, 0.6) is 0 Å². The molecular weight excluding hydrogens is 323 g/mol. The number of nitrogens with one attached hydrogen (secondary N) is 1. The molecule has 2 aromatic heterocycles. The molecule has 2 atom stereocenters. The Morgan fingerprint density at radius 1 is 1.28 bits per heavy atom. The van der Waals surface area contributed by atoms with Gasteiger partial charge in [-0.25, -0.2) is 9.37 Å². The van der Waals surface area contributed by atoms with E-state index in [9.17, 15) is 14.0 Å². The van der Waals surface area contributed by atoms with Crippen molar-refractivity contribution < 1.29 is 14.0 Å². The van der Waals surface area contributed by atoms with Crippen LogP contribution >= 0.6 is 0 Å². The summed E-state index contributed by atoms with van der Waals surface area (Å²) in [5.41, 5.74) is 1.11. The molecular formula is C18H19FN4O2. The Balaban J connectivity index is 1.67. The summed E-state index contributed by atoms with van der Waals surface area (Å²) in [7, 11) is 0. The smallest absolute Gasteiger partial charge is 0.275 e. The molecule has 1 aliphatic rings. The number of hydrogen-bond donors (Lipinski definition) is 1. The van der Waals surface area contributed by atoms with Gasteiger partial charge in [0.1, 0.15) is 5.69 Å². The van der Waals surface area contributed by atoms with E-state index in [1.165, 1.54) is 18.3 Å². The van der Waals surface area contributed by atoms with Gasteiger partial charge in [0.05, 0.1) is 0 Å². The molecule has 0 aromatic carbocycles. The number of nitrogens with zero attached hydrogens (tertiary/aromatic N) is 3. The van der Waals surface area contributed by atoms with Crippen molar-refractivity contribution in [2.24, 2.45) is 0 Å². The summed E-state index contributed by atoms with van der Waals surface area (Å²) in [6, 6.07) is 5.81. The van der Waals surface area contributed by atoms with E-state index in [1.807, 2.05) is 19.9 Å². The number of rotatable bonds is 3. The Morgan fingerprint density at radius 2 is 2.08 bits per heavy atom. The van der Waals surface area contributed by atoms with Crippen LogP contribution in [0.2, 0.25) is 0 Å². The highest BCUT2D eigenvalue weighted by molar-refractivity contribution is 5.94. The molecule has 130 valence electrons. The van der Waals surface area contributed by atoms with Crippen molar-refractivity contribution >= 4 is 11.8 Å². The first kappa shape index (κ1) is 17.0. The molecule has 0 radical (unpaired) electrons. The maximum Gasteiger partial charge on any atom is 0.275 e. The molecule has 2 aromatic rings. The van der Waals surface area contributed by atoms with E-state index in [2.05, 4.69) is 15.3 Å². The fourth-order valence-electron chi connectivity index (χ4n) is 2.96. The molecule has 0 aliphatic carbocycles. The van der Waals surface area contributed by atoms with Crippen molar-refractivity contribution in [1.82, 2.24) is 20.2 Å². The number of carbonyl (C=O) groups is 2. The van der Waals surface area contributed by atoms with Gasteiger partial charge in [0.25, 0.3) is 11.8 Å². The number of aromatic nitrogens is 2. The van der Waals surface area contributed by atoms with E-state index in [0.717, 1.165) is 5.56 Å². The molecule has 0 spiro atoms. The minimum absolute atomic E-state index is 0.120. The van der Waals surface area contributed by atoms with Gasteiger partial charge in [-0.1, -0.05) is 6.07 Å². The van der Waals surface area contributed by atoms with Gasteiger partial charge >= 0.3 is 0 Å². The van der Waals surface area contributed by atoms with E-state index in [1.54, 1.807) is 17.2 Å².